The summed E-state index contributed by atoms with van der Waals surface area (Å²) in [6.07, 6.45) is 2.50. The summed E-state index contributed by atoms with van der Waals surface area (Å²) in [5.74, 6) is 0.785. The molecule has 1 aromatic heterocycles. The summed E-state index contributed by atoms with van der Waals surface area (Å²) < 4.78 is 0. The predicted molar refractivity (Wildman–Crippen MR) is 145 cm³/mol. The molecule has 1 amide bonds. The van der Waals surface area contributed by atoms with E-state index in [1.165, 1.54) is 11.1 Å². The van der Waals surface area contributed by atoms with Gasteiger partial charge in [-0.25, -0.2) is 0 Å². The lowest BCUT2D eigenvalue weighted by Crippen LogP contribution is -2.45. The third-order valence-electron chi connectivity index (χ3n) is 5.36. The Labute approximate surface area is 213 Å². The molecule has 33 heavy (non-hydrogen) atoms. The number of halogens is 1. The first kappa shape index (κ1) is 26.3. The molecule has 0 aliphatic heterocycles. The molecule has 0 aliphatic carbocycles. The highest BCUT2D eigenvalue weighted by molar-refractivity contribution is 14.0. The largest absolute Gasteiger partial charge is 0.355 e. The molecule has 0 fully saturated rings. The number of aliphatic imine (C=N–C) groups is 1. The van der Waals surface area contributed by atoms with Crippen molar-refractivity contribution in [2.75, 3.05) is 33.7 Å². The van der Waals surface area contributed by atoms with E-state index in [1.807, 2.05) is 37.4 Å². The van der Waals surface area contributed by atoms with Gasteiger partial charge in [-0.3, -0.25) is 14.8 Å². The molecule has 0 bridgehead atoms. The number of carbonyl (C=O) groups is 1. The van der Waals surface area contributed by atoms with Gasteiger partial charge in [-0.2, -0.15) is 0 Å². The molecule has 7 heteroatoms. The first-order valence-corrected chi connectivity index (χ1v) is 10.9. The van der Waals surface area contributed by atoms with Crippen LogP contribution in [0.4, 0.5) is 0 Å². The minimum absolute atomic E-state index is 0. The molecule has 6 nitrogen and oxygen atoms in total. The van der Waals surface area contributed by atoms with Gasteiger partial charge in [-0.15, -0.1) is 24.0 Å². The number of guanidine groups is 1. The lowest BCUT2D eigenvalue weighted by Gasteiger charge is -2.21. The standard InChI is InChI=1S/C26H31N5O.HI/c1-27-26(30-20-25(32)31(2)18-16-23-15-9-10-17-28-23)29-19-24(21-11-5-3-6-12-21)22-13-7-4-8-14-22;/h3-15,17,24H,16,18-20H2,1-2H3,(H2,27,29,30);1H. The number of aromatic nitrogens is 1. The number of carbonyl (C=O) groups excluding carboxylic acids is 1. The normalized spacial score (nSPS) is 10.9. The van der Waals surface area contributed by atoms with Gasteiger partial charge in [-0.05, 0) is 23.3 Å². The van der Waals surface area contributed by atoms with Crippen molar-refractivity contribution in [1.82, 2.24) is 20.5 Å². The maximum atomic E-state index is 12.5. The number of amides is 1. The summed E-state index contributed by atoms with van der Waals surface area (Å²) in [5.41, 5.74) is 3.43. The van der Waals surface area contributed by atoms with Crippen molar-refractivity contribution >= 4 is 35.8 Å². The highest BCUT2D eigenvalue weighted by Gasteiger charge is 2.15. The van der Waals surface area contributed by atoms with Gasteiger partial charge in [0.15, 0.2) is 5.96 Å². The molecule has 0 radical (unpaired) electrons. The molecule has 2 N–H and O–H groups in total. The maximum Gasteiger partial charge on any atom is 0.241 e. The van der Waals surface area contributed by atoms with E-state index in [4.69, 9.17) is 0 Å². The molecule has 0 saturated carbocycles. The Hall–Kier alpha value is -2.94. The van der Waals surface area contributed by atoms with Crippen molar-refractivity contribution in [3.63, 3.8) is 0 Å². The van der Waals surface area contributed by atoms with Crippen LogP contribution in [0.25, 0.3) is 0 Å². The fraction of sp³-hybridized carbons (Fsp3) is 0.269. The van der Waals surface area contributed by atoms with E-state index in [-0.39, 0.29) is 42.3 Å². The Morgan fingerprint density at radius 3 is 2.09 bits per heavy atom. The number of rotatable bonds is 9. The minimum Gasteiger partial charge on any atom is -0.355 e. The van der Waals surface area contributed by atoms with Crippen LogP contribution in [0.15, 0.2) is 90.1 Å². The van der Waals surface area contributed by atoms with E-state index in [0.29, 0.717) is 19.0 Å². The zero-order chi connectivity index (χ0) is 22.6. The Balaban J connectivity index is 0.00000385. The smallest absolute Gasteiger partial charge is 0.241 e. The Morgan fingerprint density at radius 2 is 1.55 bits per heavy atom. The second-order valence-electron chi connectivity index (χ2n) is 7.57. The highest BCUT2D eigenvalue weighted by Crippen LogP contribution is 2.23. The molecular formula is C26H32IN5O. The van der Waals surface area contributed by atoms with Crippen molar-refractivity contribution in [1.29, 1.82) is 0 Å². The summed E-state index contributed by atoms with van der Waals surface area (Å²) in [6, 6.07) is 26.6. The second-order valence-corrected chi connectivity index (χ2v) is 7.57. The van der Waals surface area contributed by atoms with Crippen molar-refractivity contribution in [2.24, 2.45) is 4.99 Å². The van der Waals surface area contributed by atoms with Gasteiger partial charge < -0.3 is 15.5 Å². The van der Waals surface area contributed by atoms with E-state index in [1.54, 1.807) is 18.1 Å². The quantitative estimate of drug-likeness (QED) is 0.239. The average Bonchev–Trinajstić information content (AvgIpc) is 2.86. The highest BCUT2D eigenvalue weighted by atomic mass is 127. The van der Waals surface area contributed by atoms with E-state index >= 15 is 0 Å². The van der Waals surface area contributed by atoms with Crippen LogP contribution in [0.5, 0.6) is 0 Å². The van der Waals surface area contributed by atoms with Crippen molar-refractivity contribution < 1.29 is 4.79 Å². The minimum atomic E-state index is 0. The van der Waals surface area contributed by atoms with Crippen molar-refractivity contribution in [3.05, 3.63) is 102 Å². The van der Waals surface area contributed by atoms with Gasteiger partial charge >= 0.3 is 0 Å². The van der Waals surface area contributed by atoms with Crippen LogP contribution in [0, 0.1) is 0 Å². The Kier molecular flexibility index (Phi) is 11.4. The molecule has 2 aromatic carbocycles. The van der Waals surface area contributed by atoms with Crippen molar-refractivity contribution in [3.8, 4) is 0 Å². The molecule has 0 unspecified atom stereocenters. The number of likely N-dealkylation sites (N-methyl/N-ethyl adjacent to an activating group) is 1. The lowest BCUT2D eigenvalue weighted by molar-refractivity contribution is -0.128. The van der Waals surface area contributed by atoms with Gasteiger partial charge in [0.05, 0.1) is 6.54 Å². The fourth-order valence-corrected chi connectivity index (χ4v) is 3.47. The molecule has 0 atom stereocenters. The summed E-state index contributed by atoms with van der Waals surface area (Å²) in [7, 11) is 3.52. The molecule has 3 rings (SSSR count). The molecule has 3 aromatic rings. The van der Waals surface area contributed by atoms with Crippen LogP contribution >= 0.6 is 24.0 Å². The average molecular weight is 557 g/mol. The summed E-state index contributed by atoms with van der Waals surface area (Å²) in [4.78, 5) is 22.8. The number of nitrogens with one attached hydrogen (secondary N) is 2. The van der Waals surface area contributed by atoms with Crippen LogP contribution in [0.3, 0.4) is 0 Å². The molecule has 1 heterocycles. The third-order valence-corrected chi connectivity index (χ3v) is 5.36. The number of hydrogen-bond acceptors (Lipinski definition) is 3. The molecule has 0 aliphatic rings. The number of benzene rings is 2. The van der Waals surface area contributed by atoms with Crippen LogP contribution in [-0.2, 0) is 11.2 Å². The Morgan fingerprint density at radius 1 is 0.939 bits per heavy atom. The Bertz CT molecular complexity index is 944. The first-order chi connectivity index (χ1) is 15.7. The summed E-state index contributed by atoms with van der Waals surface area (Å²) in [5, 5.41) is 6.52. The topological polar surface area (TPSA) is 69.6 Å². The van der Waals surface area contributed by atoms with Gasteiger partial charge in [0.25, 0.3) is 0 Å². The zero-order valence-corrected chi connectivity index (χ0v) is 21.5. The van der Waals surface area contributed by atoms with E-state index in [9.17, 15) is 4.79 Å². The van der Waals surface area contributed by atoms with Crippen LogP contribution < -0.4 is 10.6 Å². The predicted octanol–water partition coefficient (Wildman–Crippen LogP) is 3.70. The SMILES string of the molecule is CN=C(NCC(=O)N(C)CCc1ccccn1)NCC(c1ccccc1)c1ccccc1.I. The molecule has 174 valence electrons. The number of hydrogen-bond donors (Lipinski definition) is 2. The molecule has 0 spiro atoms. The van der Waals surface area contributed by atoms with E-state index in [0.717, 1.165) is 12.1 Å². The first-order valence-electron chi connectivity index (χ1n) is 10.9. The summed E-state index contributed by atoms with van der Waals surface area (Å²) >= 11 is 0. The van der Waals surface area contributed by atoms with Crippen LogP contribution in [0.2, 0.25) is 0 Å². The fourth-order valence-electron chi connectivity index (χ4n) is 3.47. The van der Waals surface area contributed by atoms with Gasteiger partial charge in [0.2, 0.25) is 5.91 Å². The number of pyridine rings is 1. The third kappa shape index (κ3) is 8.49. The lowest BCUT2D eigenvalue weighted by atomic mass is 9.91. The summed E-state index contributed by atoms with van der Waals surface area (Å²) in [6.45, 7) is 1.46. The monoisotopic (exact) mass is 557 g/mol. The van der Waals surface area contributed by atoms with Crippen molar-refractivity contribution in [2.45, 2.75) is 12.3 Å². The van der Waals surface area contributed by atoms with Gasteiger partial charge in [-0.1, -0.05) is 66.7 Å². The van der Waals surface area contributed by atoms with E-state index in [2.05, 4.69) is 69.1 Å². The second kappa shape index (κ2) is 14.3. The molecular weight excluding hydrogens is 525 g/mol. The van der Waals surface area contributed by atoms with Gasteiger partial charge in [0, 0.05) is 51.4 Å². The zero-order valence-electron chi connectivity index (χ0n) is 19.1. The van der Waals surface area contributed by atoms with E-state index < -0.39 is 0 Å². The number of nitrogens with zero attached hydrogens (tertiary/aromatic N) is 3. The van der Waals surface area contributed by atoms with Crippen LogP contribution in [-0.4, -0.2) is 55.5 Å². The molecule has 0 saturated heterocycles. The van der Waals surface area contributed by atoms with Crippen LogP contribution in [0.1, 0.15) is 22.7 Å². The maximum absolute atomic E-state index is 12.5. The van der Waals surface area contributed by atoms with Gasteiger partial charge in [0.1, 0.15) is 0 Å².